The lowest BCUT2D eigenvalue weighted by Crippen LogP contribution is -2.30. The van der Waals surface area contributed by atoms with Crippen LogP contribution < -0.4 is 0 Å². The molecule has 1 unspecified atom stereocenters. The molecule has 0 saturated heterocycles. The van der Waals surface area contributed by atoms with Gasteiger partial charge in [-0.1, -0.05) is 30.4 Å². The van der Waals surface area contributed by atoms with Gasteiger partial charge in [0.25, 0.3) is 0 Å². The molecular weight excluding hydrogens is 152 g/mol. The SMILES string of the molecule is OOC12C=CC=CC1=CCC=C2. The Morgan fingerprint density at radius 2 is 2.25 bits per heavy atom. The summed E-state index contributed by atoms with van der Waals surface area (Å²) in [5, 5.41) is 8.80. The first-order valence-electron chi connectivity index (χ1n) is 3.94. The standard InChI is InChI=1S/C10H10O2/c11-12-10-7-3-1-5-9(10)6-2-4-8-10/h1,3-8,11H,2H2. The monoisotopic (exact) mass is 162 g/mol. The average Bonchev–Trinajstić information content (AvgIpc) is 2.18. The molecule has 0 radical (unpaired) electrons. The van der Waals surface area contributed by atoms with Crippen molar-refractivity contribution < 1.29 is 10.1 Å². The smallest absolute Gasteiger partial charge is 0.165 e. The Bertz CT molecular complexity index is 297. The predicted molar refractivity (Wildman–Crippen MR) is 46.6 cm³/mol. The van der Waals surface area contributed by atoms with Crippen molar-refractivity contribution in [2.24, 2.45) is 0 Å². The van der Waals surface area contributed by atoms with Gasteiger partial charge in [-0.15, -0.1) is 0 Å². The van der Waals surface area contributed by atoms with Gasteiger partial charge in [-0.3, -0.25) is 5.26 Å². The van der Waals surface area contributed by atoms with Crippen LogP contribution in [0.25, 0.3) is 0 Å². The second kappa shape index (κ2) is 2.73. The Balaban J connectivity index is 2.43. The Morgan fingerprint density at radius 3 is 3.00 bits per heavy atom. The topological polar surface area (TPSA) is 29.5 Å². The van der Waals surface area contributed by atoms with Gasteiger partial charge in [-0.2, -0.15) is 0 Å². The molecule has 2 aliphatic carbocycles. The van der Waals surface area contributed by atoms with E-state index >= 15 is 0 Å². The molecule has 0 saturated carbocycles. The molecule has 0 fully saturated rings. The molecule has 0 amide bonds. The molecule has 12 heavy (non-hydrogen) atoms. The van der Waals surface area contributed by atoms with E-state index < -0.39 is 5.60 Å². The molecule has 1 N–H and O–H groups in total. The molecule has 2 aliphatic rings. The summed E-state index contributed by atoms with van der Waals surface area (Å²) in [7, 11) is 0. The van der Waals surface area contributed by atoms with E-state index in [-0.39, 0.29) is 0 Å². The van der Waals surface area contributed by atoms with Gasteiger partial charge in [0.15, 0.2) is 5.60 Å². The lowest BCUT2D eigenvalue weighted by Gasteiger charge is -2.28. The molecule has 0 aromatic rings. The molecule has 2 rings (SSSR count). The van der Waals surface area contributed by atoms with Crippen molar-refractivity contribution in [1.82, 2.24) is 0 Å². The molecule has 0 aromatic heterocycles. The first-order valence-corrected chi connectivity index (χ1v) is 3.94. The highest BCUT2D eigenvalue weighted by molar-refractivity contribution is 5.47. The van der Waals surface area contributed by atoms with Crippen molar-refractivity contribution >= 4 is 0 Å². The first kappa shape index (κ1) is 7.53. The first-order chi connectivity index (χ1) is 5.87. The van der Waals surface area contributed by atoms with Gasteiger partial charge in [0.2, 0.25) is 0 Å². The van der Waals surface area contributed by atoms with E-state index in [1.54, 1.807) is 0 Å². The van der Waals surface area contributed by atoms with Gasteiger partial charge in [-0.25, -0.2) is 4.89 Å². The van der Waals surface area contributed by atoms with Gasteiger partial charge in [0.1, 0.15) is 0 Å². The van der Waals surface area contributed by atoms with Crippen LogP contribution in [0.1, 0.15) is 6.42 Å². The second-order valence-corrected chi connectivity index (χ2v) is 2.90. The summed E-state index contributed by atoms with van der Waals surface area (Å²) >= 11 is 0. The van der Waals surface area contributed by atoms with Crippen molar-refractivity contribution in [2.75, 3.05) is 0 Å². The maximum absolute atomic E-state index is 8.80. The molecule has 0 aromatic carbocycles. The van der Waals surface area contributed by atoms with Crippen LogP contribution in [-0.2, 0) is 4.89 Å². The summed E-state index contributed by atoms with van der Waals surface area (Å²) in [5.41, 5.74) is 0.280. The Kier molecular flexibility index (Phi) is 1.71. The van der Waals surface area contributed by atoms with E-state index in [2.05, 4.69) is 4.89 Å². The highest BCUT2D eigenvalue weighted by Crippen LogP contribution is 2.31. The number of fused-ring (bicyclic) bond motifs is 1. The fraction of sp³-hybridized carbons (Fsp3) is 0.200. The van der Waals surface area contributed by atoms with Crippen LogP contribution in [0.5, 0.6) is 0 Å². The summed E-state index contributed by atoms with van der Waals surface area (Å²) in [6.07, 6.45) is 14.3. The second-order valence-electron chi connectivity index (χ2n) is 2.90. The largest absolute Gasteiger partial charge is 0.250 e. The number of hydrogen-bond acceptors (Lipinski definition) is 2. The molecule has 62 valence electrons. The lowest BCUT2D eigenvalue weighted by molar-refractivity contribution is -0.281. The fourth-order valence-electron chi connectivity index (χ4n) is 1.52. The van der Waals surface area contributed by atoms with E-state index in [4.69, 9.17) is 5.26 Å². The minimum atomic E-state index is -0.715. The highest BCUT2D eigenvalue weighted by atomic mass is 17.1. The minimum Gasteiger partial charge on any atom is -0.250 e. The van der Waals surface area contributed by atoms with E-state index in [1.165, 1.54) is 0 Å². The predicted octanol–water partition coefficient (Wildman–Crippen LogP) is 2.23. The highest BCUT2D eigenvalue weighted by Gasteiger charge is 2.31. The van der Waals surface area contributed by atoms with Crippen LogP contribution >= 0.6 is 0 Å². The normalized spacial score (nSPS) is 31.6. The maximum Gasteiger partial charge on any atom is 0.165 e. The molecule has 0 heterocycles. The van der Waals surface area contributed by atoms with Crippen LogP contribution in [0.4, 0.5) is 0 Å². The maximum atomic E-state index is 8.80. The Morgan fingerprint density at radius 1 is 1.33 bits per heavy atom. The number of allylic oxidation sites excluding steroid dienone is 4. The van der Waals surface area contributed by atoms with Gasteiger partial charge in [0.05, 0.1) is 0 Å². The van der Waals surface area contributed by atoms with Gasteiger partial charge >= 0.3 is 0 Å². The molecule has 1 atom stereocenters. The van der Waals surface area contributed by atoms with Crippen molar-refractivity contribution in [2.45, 2.75) is 12.0 Å². The van der Waals surface area contributed by atoms with Gasteiger partial charge in [0, 0.05) is 0 Å². The Labute approximate surface area is 71.1 Å². The molecule has 0 bridgehead atoms. The molecule has 2 nitrogen and oxygen atoms in total. The van der Waals surface area contributed by atoms with Crippen LogP contribution in [0, 0.1) is 0 Å². The van der Waals surface area contributed by atoms with E-state index in [9.17, 15) is 0 Å². The van der Waals surface area contributed by atoms with E-state index in [0.29, 0.717) is 0 Å². The molecular formula is C10H10O2. The molecule has 2 heteroatoms. The minimum absolute atomic E-state index is 0.715. The fourth-order valence-corrected chi connectivity index (χ4v) is 1.52. The van der Waals surface area contributed by atoms with Crippen LogP contribution in [0.15, 0.2) is 48.1 Å². The van der Waals surface area contributed by atoms with Gasteiger partial charge in [-0.05, 0) is 24.1 Å². The summed E-state index contributed by atoms with van der Waals surface area (Å²) in [6.45, 7) is 0. The number of hydrogen-bond donors (Lipinski definition) is 1. The van der Waals surface area contributed by atoms with Crippen molar-refractivity contribution in [1.29, 1.82) is 0 Å². The van der Waals surface area contributed by atoms with Crippen molar-refractivity contribution in [3.63, 3.8) is 0 Å². The molecule has 0 spiro atoms. The average molecular weight is 162 g/mol. The summed E-state index contributed by atoms with van der Waals surface area (Å²) in [6, 6.07) is 0. The Hall–Kier alpha value is -1.12. The van der Waals surface area contributed by atoms with E-state index in [1.807, 2.05) is 42.5 Å². The zero-order valence-corrected chi connectivity index (χ0v) is 6.60. The summed E-state index contributed by atoms with van der Waals surface area (Å²) in [4.78, 5) is 4.49. The van der Waals surface area contributed by atoms with Crippen LogP contribution in [-0.4, -0.2) is 10.9 Å². The number of rotatable bonds is 1. The molecule has 0 aliphatic heterocycles. The van der Waals surface area contributed by atoms with Crippen molar-refractivity contribution in [3.05, 3.63) is 48.1 Å². The zero-order valence-electron chi connectivity index (χ0n) is 6.60. The third kappa shape index (κ3) is 0.967. The summed E-state index contributed by atoms with van der Waals surface area (Å²) in [5.74, 6) is 0. The summed E-state index contributed by atoms with van der Waals surface area (Å²) < 4.78 is 0. The van der Waals surface area contributed by atoms with Gasteiger partial charge < -0.3 is 0 Å². The lowest BCUT2D eigenvalue weighted by atomic mass is 9.85. The third-order valence-corrected chi connectivity index (χ3v) is 2.17. The quantitative estimate of drug-likeness (QED) is 0.364. The third-order valence-electron chi connectivity index (χ3n) is 2.17. The van der Waals surface area contributed by atoms with Crippen LogP contribution in [0.3, 0.4) is 0 Å². The van der Waals surface area contributed by atoms with Crippen LogP contribution in [0.2, 0.25) is 0 Å². The van der Waals surface area contributed by atoms with E-state index in [0.717, 1.165) is 12.0 Å². The van der Waals surface area contributed by atoms with Crippen molar-refractivity contribution in [3.8, 4) is 0 Å². The zero-order chi connectivity index (χ0) is 8.44.